The van der Waals surface area contributed by atoms with Crippen LogP contribution in [-0.2, 0) is 0 Å². The lowest BCUT2D eigenvalue weighted by Gasteiger charge is -2.09. The Morgan fingerprint density at radius 2 is 1.65 bits per heavy atom. The van der Waals surface area contributed by atoms with Gasteiger partial charge in [-0.05, 0) is 36.8 Å². The number of carbonyl (C=O) groups is 2. The number of hydrogen-bond donors (Lipinski definition) is 2. The summed E-state index contributed by atoms with van der Waals surface area (Å²) >= 11 is 0. The molecule has 2 N–H and O–H groups in total. The standard InChI is InChI=1S/C15H13FN2O2/c1-10-5-2-3-8-13(10)15(20)18-17-14(19)11-6-4-7-12(16)9-11/h2-9H,1H3,(H,17,19)(H,18,20). The van der Waals surface area contributed by atoms with E-state index in [0.29, 0.717) is 5.56 Å². The van der Waals surface area contributed by atoms with E-state index in [1.165, 1.54) is 18.2 Å². The van der Waals surface area contributed by atoms with Gasteiger partial charge in [-0.25, -0.2) is 4.39 Å². The number of aryl methyl sites for hydroxylation is 1. The first kappa shape index (κ1) is 13.7. The molecule has 0 aliphatic heterocycles. The van der Waals surface area contributed by atoms with Crippen molar-refractivity contribution in [3.63, 3.8) is 0 Å². The van der Waals surface area contributed by atoms with Crippen LogP contribution in [0.1, 0.15) is 26.3 Å². The number of amides is 2. The molecule has 0 aliphatic carbocycles. The number of rotatable bonds is 2. The van der Waals surface area contributed by atoms with Crippen LogP contribution >= 0.6 is 0 Å². The summed E-state index contributed by atoms with van der Waals surface area (Å²) in [6.45, 7) is 1.79. The molecule has 0 aliphatic rings. The molecule has 2 rings (SSSR count). The van der Waals surface area contributed by atoms with E-state index in [9.17, 15) is 14.0 Å². The number of hydrazine groups is 1. The first-order chi connectivity index (χ1) is 9.58. The molecule has 0 radical (unpaired) electrons. The summed E-state index contributed by atoms with van der Waals surface area (Å²) in [5.41, 5.74) is 5.94. The van der Waals surface area contributed by atoms with Crippen LogP contribution in [0.25, 0.3) is 0 Å². The number of carbonyl (C=O) groups excluding carboxylic acids is 2. The van der Waals surface area contributed by atoms with Gasteiger partial charge >= 0.3 is 0 Å². The van der Waals surface area contributed by atoms with Crippen molar-refractivity contribution in [1.82, 2.24) is 10.9 Å². The maximum absolute atomic E-state index is 13.0. The van der Waals surface area contributed by atoms with Crippen LogP contribution in [-0.4, -0.2) is 11.8 Å². The Kier molecular flexibility index (Phi) is 4.10. The lowest BCUT2D eigenvalue weighted by atomic mass is 10.1. The third-order valence-electron chi connectivity index (χ3n) is 2.77. The maximum Gasteiger partial charge on any atom is 0.269 e. The molecule has 0 aromatic heterocycles. The summed E-state index contributed by atoms with van der Waals surface area (Å²) in [6, 6.07) is 12.2. The van der Waals surface area contributed by atoms with Gasteiger partial charge in [-0.2, -0.15) is 0 Å². The van der Waals surface area contributed by atoms with Gasteiger partial charge in [0.1, 0.15) is 5.82 Å². The summed E-state index contributed by atoms with van der Waals surface area (Å²) < 4.78 is 13.0. The molecule has 0 unspecified atom stereocenters. The second-order valence-electron chi connectivity index (χ2n) is 4.23. The quantitative estimate of drug-likeness (QED) is 0.823. The van der Waals surface area contributed by atoms with E-state index < -0.39 is 17.6 Å². The summed E-state index contributed by atoms with van der Waals surface area (Å²) in [5.74, 6) is -1.51. The Balaban J connectivity index is 2.01. The lowest BCUT2D eigenvalue weighted by Crippen LogP contribution is -2.41. The average Bonchev–Trinajstić information content (AvgIpc) is 2.45. The molecule has 0 heterocycles. The molecular formula is C15H13FN2O2. The average molecular weight is 272 g/mol. The fraction of sp³-hybridized carbons (Fsp3) is 0.0667. The molecule has 0 saturated heterocycles. The fourth-order valence-electron chi connectivity index (χ4n) is 1.71. The van der Waals surface area contributed by atoms with Gasteiger partial charge in [-0.3, -0.25) is 20.4 Å². The van der Waals surface area contributed by atoms with Crippen molar-refractivity contribution < 1.29 is 14.0 Å². The van der Waals surface area contributed by atoms with Gasteiger partial charge in [-0.15, -0.1) is 0 Å². The lowest BCUT2D eigenvalue weighted by molar-refractivity contribution is 0.0846. The van der Waals surface area contributed by atoms with Crippen molar-refractivity contribution in [2.75, 3.05) is 0 Å². The molecule has 5 heteroatoms. The Morgan fingerprint density at radius 1 is 0.950 bits per heavy atom. The largest absolute Gasteiger partial charge is 0.269 e. The normalized spacial score (nSPS) is 9.90. The van der Waals surface area contributed by atoms with Gasteiger partial charge in [0, 0.05) is 11.1 Å². The van der Waals surface area contributed by atoms with Crippen LogP contribution < -0.4 is 10.9 Å². The molecule has 0 spiro atoms. The highest BCUT2D eigenvalue weighted by molar-refractivity contribution is 5.99. The Labute approximate surface area is 115 Å². The molecule has 4 nitrogen and oxygen atoms in total. The van der Waals surface area contributed by atoms with Gasteiger partial charge in [0.05, 0.1) is 0 Å². The molecule has 2 amide bonds. The van der Waals surface area contributed by atoms with Crippen LogP contribution in [0.15, 0.2) is 48.5 Å². The number of benzene rings is 2. The summed E-state index contributed by atoms with van der Waals surface area (Å²) in [7, 11) is 0. The minimum atomic E-state index is -0.577. The predicted octanol–water partition coefficient (Wildman–Crippen LogP) is 2.21. The molecule has 0 atom stereocenters. The van der Waals surface area contributed by atoms with Crippen LogP contribution in [0, 0.1) is 12.7 Å². The first-order valence-electron chi connectivity index (χ1n) is 6.00. The summed E-state index contributed by atoms with van der Waals surface area (Å²) in [4.78, 5) is 23.6. The number of nitrogens with one attached hydrogen (secondary N) is 2. The van der Waals surface area contributed by atoms with Gasteiger partial charge in [-0.1, -0.05) is 24.3 Å². The second-order valence-corrected chi connectivity index (χ2v) is 4.23. The molecule has 0 saturated carbocycles. The van der Waals surface area contributed by atoms with E-state index in [2.05, 4.69) is 10.9 Å². The Morgan fingerprint density at radius 3 is 2.35 bits per heavy atom. The Hall–Kier alpha value is -2.69. The van der Waals surface area contributed by atoms with Gasteiger partial charge in [0.2, 0.25) is 0 Å². The maximum atomic E-state index is 13.0. The molecule has 20 heavy (non-hydrogen) atoms. The minimum Gasteiger partial charge on any atom is -0.267 e. The van der Waals surface area contributed by atoms with Crippen molar-refractivity contribution in [3.05, 3.63) is 71.0 Å². The zero-order valence-corrected chi connectivity index (χ0v) is 10.8. The predicted molar refractivity (Wildman–Crippen MR) is 72.5 cm³/mol. The minimum absolute atomic E-state index is 0.134. The zero-order valence-electron chi connectivity index (χ0n) is 10.8. The number of hydrogen-bond acceptors (Lipinski definition) is 2. The third kappa shape index (κ3) is 3.20. The van der Waals surface area contributed by atoms with E-state index >= 15 is 0 Å². The molecule has 2 aromatic rings. The van der Waals surface area contributed by atoms with E-state index in [-0.39, 0.29) is 5.56 Å². The first-order valence-corrected chi connectivity index (χ1v) is 6.00. The van der Waals surface area contributed by atoms with Crippen LogP contribution in [0.4, 0.5) is 4.39 Å². The summed E-state index contributed by atoms with van der Waals surface area (Å²) in [5, 5.41) is 0. The van der Waals surface area contributed by atoms with Crippen molar-refractivity contribution >= 4 is 11.8 Å². The topological polar surface area (TPSA) is 58.2 Å². The number of halogens is 1. The third-order valence-corrected chi connectivity index (χ3v) is 2.77. The van der Waals surface area contributed by atoms with Crippen LogP contribution in [0.3, 0.4) is 0 Å². The highest BCUT2D eigenvalue weighted by Gasteiger charge is 2.10. The molecular weight excluding hydrogens is 259 g/mol. The van der Waals surface area contributed by atoms with E-state index in [0.717, 1.165) is 11.6 Å². The Bertz CT molecular complexity index is 656. The van der Waals surface area contributed by atoms with Gasteiger partial charge in [0.25, 0.3) is 11.8 Å². The summed E-state index contributed by atoms with van der Waals surface area (Å²) in [6.07, 6.45) is 0. The molecule has 102 valence electrons. The highest BCUT2D eigenvalue weighted by atomic mass is 19.1. The highest BCUT2D eigenvalue weighted by Crippen LogP contribution is 2.06. The van der Waals surface area contributed by atoms with Gasteiger partial charge in [0.15, 0.2) is 0 Å². The van der Waals surface area contributed by atoms with E-state index in [4.69, 9.17) is 0 Å². The molecule has 0 bridgehead atoms. The van der Waals surface area contributed by atoms with Crippen molar-refractivity contribution in [1.29, 1.82) is 0 Å². The van der Waals surface area contributed by atoms with Crippen molar-refractivity contribution in [2.24, 2.45) is 0 Å². The smallest absolute Gasteiger partial charge is 0.267 e. The SMILES string of the molecule is Cc1ccccc1C(=O)NNC(=O)c1cccc(F)c1. The van der Waals surface area contributed by atoms with E-state index in [1.807, 2.05) is 6.07 Å². The van der Waals surface area contributed by atoms with Crippen molar-refractivity contribution in [3.8, 4) is 0 Å². The molecule has 0 fully saturated rings. The van der Waals surface area contributed by atoms with Crippen LogP contribution in [0.5, 0.6) is 0 Å². The van der Waals surface area contributed by atoms with Crippen molar-refractivity contribution in [2.45, 2.75) is 6.92 Å². The second kappa shape index (κ2) is 5.97. The molecule has 2 aromatic carbocycles. The van der Waals surface area contributed by atoms with E-state index in [1.54, 1.807) is 25.1 Å². The van der Waals surface area contributed by atoms with Gasteiger partial charge < -0.3 is 0 Å². The zero-order chi connectivity index (χ0) is 14.5. The van der Waals surface area contributed by atoms with Crippen LogP contribution in [0.2, 0.25) is 0 Å². The monoisotopic (exact) mass is 272 g/mol. The fourth-order valence-corrected chi connectivity index (χ4v) is 1.71.